The lowest BCUT2D eigenvalue weighted by molar-refractivity contribution is 0.0913. The molecule has 35 heavy (non-hydrogen) atoms. The van der Waals surface area contributed by atoms with Gasteiger partial charge in [-0.3, -0.25) is 5.32 Å². The van der Waals surface area contributed by atoms with Crippen LogP contribution in [0.1, 0.15) is 12.0 Å². The van der Waals surface area contributed by atoms with E-state index in [1.165, 1.54) is 24.1 Å². The van der Waals surface area contributed by atoms with Crippen LogP contribution in [0.25, 0.3) is 11.3 Å². The number of ether oxygens (including phenoxy) is 1. The molecule has 1 radical (unpaired) electrons. The first-order chi connectivity index (χ1) is 16.7. The van der Waals surface area contributed by atoms with E-state index in [0.717, 1.165) is 5.56 Å². The van der Waals surface area contributed by atoms with Crippen LogP contribution < -0.4 is 10.6 Å². The van der Waals surface area contributed by atoms with Crippen molar-refractivity contribution in [3.63, 3.8) is 0 Å². The van der Waals surface area contributed by atoms with Crippen LogP contribution in [0.4, 0.5) is 19.8 Å². The van der Waals surface area contributed by atoms with Crippen molar-refractivity contribution in [2.24, 2.45) is 0 Å². The summed E-state index contributed by atoms with van der Waals surface area (Å²) in [5.74, 6) is 0.0293. The van der Waals surface area contributed by atoms with Crippen LogP contribution in [0.5, 0.6) is 0 Å². The lowest BCUT2D eigenvalue weighted by Crippen LogP contribution is -2.47. The van der Waals surface area contributed by atoms with E-state index < -0.39 is 30.1 Å². The van der Waals surface area contributed by atoms with Crippen molar-refractivity contribution < 1.29 is 28.3 Å². The molecule has 185 valence electrons. The predicted octanol–water partition coefficient (Wildman–Crippen LogP) is 4.48. The number of hydrogen-bond acceptors (Lipinski definition) is 6. The number of aromatic nitrogens is 1. The van der Waals surface area contributed by atoms with Crippen LogP contribution >= 0.6 is 11.6 Å². The minimum absolute atomic E-state index is 0.0172. The van der Waals surface area contributed by atoms with Gasteiger partial charge in [-0.2, -0.15) is 0 Å². The third kappa shape index (κ3) is 7.43. The molecular weight excluding hydrogens is 479 g/mol. The quantitative estimate of drug-likeness (QED) is 0.396. The summed E-state index contributed by atoms with van der Waals surface area (Å²) < 4.78 is 24.1. The van der Waals surface area contributed by atoms with Crippen LogP contribution in [0, 0.1) is 12.7 Å². The van der Waals surface area contributed by atoms with Crippen molar-refractivity contribution in [3.05, 3.63) is 77.9 Å². The fraction of sp³-hybridized carbons (Fsp3) is 0.250. The van der Waals surface area contributed by atoms with E-state index in [9.17, 15) is 19.1 Å². The van der Waals surface area contributed by atoms with Gasteiger partial charge in [0, 0.05) is 25.2 Å². The topological polar surface area (TPSA) is 117 Å². The molecule has 0 saturated heterocycles. The molecule has 11 heteroatoms. The number of carbonyl (C=O) groups is 2. The van der Waals surface area contributed by atoms with Gasteiger partial charge >= 0.3 is 12.1 Å². The molecule has 1 heterocycles. The van der Waals surface area contributed by atoms with Crippen molar-refractivity contribution in [1.82, 2.24) is 15.4 Å². The lowest BCUT2D eigenvalue weighted by Gasteiger charge is -2.29. The molecule has 0 aliphatic heterocycles. The molecular formula is C24H25ClFN4O5. The third-order valence-corrected chi connectivity index (χ3v) is 5.50. The van der Waals surface area contributed by atoms with Gasteiger partial charge in [-0.15, -0.1) is 0 Å². The standard InChI is InChI=1S/C24H25ClFN4O5/c1-15(31)11-18(30(2)23(32)27-13-17-9-6-10-19(26)22(17)25)14-34-24(33)28-21-12-20(35-29-21)16-7-4-3-5-8-16/h3-10,12,15,18,31H,1,11,13-14H2,2H3,(H,27,32)(H,28,29,33)/t15-,18+/m1/s1. The summed E-state index contributed by atoms with van der Waals surface area (Å²) >= 11 is 5.92. The molecule has 0 aliphatic carbocycles. The van der Waals surface area contributed by atoms with E-state index in [4.69, 9.17) is 20.9 Å². The second-order valence-corrected chi connectivity index (χ2v) is 8.07. The normalized spacial score (nSPS) is 12.5. The molecule has 1 aromatic heterocycles. The number of nitrogens with one attached hydrogen (secondary N) is 2. The second-order valence-electron chi connectivity index (χ2n) is 7.69. The maximum Gasteiger partial charge on any atom is 0.412 e. The number of likely N-dealkylation sites (N-methyl/N-ethyl adjacent to an activating group) is 1. The smallest absolute Gasteiger partial charge is 0.412 e. The number of halogens is 2. The Morgan fingerprint density at radius 1 is 1.26 bits per heavy atom. The predicted molar refractivity (Wildman–Crippen MR) is 128 cm³/mol. The number of anilines is 1. The molecule has 3 amide bonds. The number of carbonyl (C=O) groups excluding carboxylic acids is 2. The van der Waals surface area contributed by atoms with Gasteiger partial charge in [0.1, 0.15) is 12.4 Å². The highest BCUT2D eigenvalue weighted by Gasteiger charge is 2.24. The van der Waals surface area contributed by atoms with E-state index in [1.54, 1.807) is 12.1 Å². The largest absolute Gasteiger partial charge is 0.447 e. The zero-order chi connectivity index (χ0) is 25.4. The highest BCUT2D eigenvalue weighted by atomic mass is 35.5. The second kappa shape index (κ2) is 12.2. The zero-order valence-corrected chi connectivity index (χ0v) is 19.7. The van der Waals surface area contributed by atoms with E-state index in [0.29, 0.717) is 11.3 Å². The summed E-state index contributed by atoms with van der Waals surface area (Å²) in [5.41, 5.74) is 1.19. The number of rotatable bonds is 9. The van der Waals surface area contributed by atoms with Crippen molar-refractivity contribution in [1.29, 1.82) is 0 Å². The molecule has 3 N–H and O–H groups in total. The minimum Gasteiger partial charge on any atom is -0.447 e. The summed E-state index contributed by atoms with van der Waals surface area (Å²) in [4.78, 5) is 26.1. The number of benzene rings is 2. The fourth-order valence-electron chi connectivity index (χ4n) is 3.18. The average Bonchev–Trinajstić information content (AvgIpc) is 3.30. The van der Waals surface area contributed by atoms with E-state index >= 15 is 0 Å². The van der Waals surface area contributed by atoms with Gasteiger partial charge in [0.15, 0.2) is 11.6 Å². The van der Waals surface area contributed by atoms with Gasteiger partial charge < -0.3 is 24.6 Å². The molecule has 2 atom stereocenters. The maximum atomic E-state index is 13.6. The first-order valence-corrected chi connectivity index (χ1v) is 11.0. The van der Waals surface area contributed by atoms with Gasteiger partial charge in [0.05, 0.1) is 17.2 Å². The van der Waals surface area contributed by atoms with Gasteiger partial charge in [0.2, 0.25) is 0 Å². The van der Waals surface area contributed by atoms with E-state index in [1.807, 2.05) is 30.3 Å². The molecule has 3 rings (SSSR count). The Morgan fingerprint density at radius 3 is 2.71 bits per heavy atom. The van der Waals surface area contributed by atoms with Crippen molar-refractivity contribution in [2.45, 2.75) is 25.1 Å². The molecule has 0 spiro atoms. The Kier molecular flexibility index (Phi) is 9.04. The molecule has 2 aromatic carbocycles. The van der Waals surface area contributed by atoms with Crippen molar-refractivity contribution >= 4 is 29.5 Å². The third-order valence-electron chi connectivity index (χ3n) is 5.08. The first-order valence-electron chi connectivity index (χ1n) is 10.6. The number of aliphatic hydroxyl groups is 1. The molecule has 0 bridgehead atoms. The Labute approximate surface area is 206 Å². The number of urea groups is 1. The Bertz CT molecular complexity index is 1140. The number of hydrogen-bond donors (Lipinski definition) is 3. The summed E-state index contributed by atoms with van der Waals surface area (Å²) in [6.45, 7) is 3.27. The summed E-state index contributed by atoms with van der Waals surface area (Å²) in [7, 11) is 1.47. The van der Waals surface area contributed by atoms with Gasteiger partial charge in [0.25, 0.3) is 0 Å². The summed E-state index contributed by atoms with van der Waals surface area (Å²) in [6, 6.07) is 13.8. The van der Waals surface area contributed by atoms with E-state index in [2.05, 4.69) is 22.7 Å². The van der Waals surface area contributed by atoms with Crippen LogP contribution in [-0.2, 0) is 11.3 Å². The number of nitrogens with zero attached hydrogens (tertiary/aromatic N) is 2. The van der Waals surface area contributed by atoms with Crippen LogP contribution in [0.15, 0.2) is 59.1 Å². The number of amides is 3. The van der Waals surface area contributed by atoms with Gasteiger partial charge in [-0.05, 0) is 25.0 Å². The highest BCUT2D eigenvalue weighted by Crippen LogP contribution is 2.22. The maximum absolute atomic E-state index is 13.6. The highest BCUT2D eigenvalue weighted by molar-refractivity contribution is 6.31. The first kappa shape index (κ1) is 26.0. The molecule has 0 fully saturated rings. The summed E-state index contributed by atoms with van der Waals surface area (Å²) in [6.07, 6.45) is -1.79. The van der Waals surface area contributed by atoms with Gasteiger partial charge in [-0.1, -0.05) is 59.2 Å². The molecule has 9 nitrogen and oxygen atoms in total. The zero-order valence-electron chi connectivity index (χ0n) is 18.9. The Morgan fingerprint density at radius 2 is 2.00 bits per heavy atom. The number of aliphatic hydroxyl groups excluding tert-OH is 1. The van der Waals surface area contributed by atoms with E-state index in [-0.39, 0.29) is 30.4 Å². The fourth-order valence-corrected chi connectivity index (χ4v) is 3.38. The average molecular weight is 504 g/mol. The van der Waals surface area contributed by atoms with Crippen LogP contribution in [-0.4, -0.2) is 53.1 Å². The Balaban J connectivity index is 1.54. The lowest BCUT2D eigenvalue weighted by atomic mass is 10.1. The molecule has 0 aliphatic rings. The molecule has 0 saturated carbocycles. The SMILES string of the molecule is [CH2][C@@H](O)C[C@@H](COC(=O)Nc1cc(-c2ccccc2)on1)N(C)C(=O)NCc1cccc(F)c1Cl. The molecule has 0 unspecified atom stereocenters. The van der Waals surface area contributed by atoms with Crippen LogP contribution in [0.3, 0.4) is 0 Å². The van der Waals surface area contributed by atoms with Crippen molar-refractivity contribution in [2.75, 3.05) is 19.0 Å². The molecule has 3 aromatic rings. The monoisotopic (exact) mass is 503 g/mol. The van der Waals surface area contributed by atoms with Crippen molar-refractivity contribution in [3.8, 4) is 11.3 Å². The van der Waals surface area contributed by atoms with Gasteiger partial charge in [-0.25, -0.2) is 14.0 Å². The Hall–Kier alpha value is -3.63. The van der Waals surface area contributed by atoms with Crippen LogP contribution in [0.2, 0.25) is 5.02 Å². The minimum atomic E-state index is -1.01. The summed E-state index contributed by atoms with van der Waals surface area (Å²) in [5, 5.41) is 18.5.